The zero-order valence-electron chi connectivity index (χ0n) is 17.2. The first-order valence-electron chi connectivity index (χ1n) is 9.51. The number of aliphatic imine (C=N–C) groups is 1. The monoisotopic (exact) mass is 440 g/mol. The lowest BCUT2D eigenvalue weighted by Gasteiger charge is -2.08. The number of rotatable bonds is 5. The van der Waals surface area contributed by atoms with E-state index in [1.54, 1.807) is 63.6 Å². The zero-order valence-corrected chi connectivity index (χ0v) is 18.0. The van der Waals surface area contributed by atoms with Crippen molar-refractivity contribution in [1.29, 1.82) is 0 Å². The molecule has 0 aromatic heterocycles. The minimum Gasteiger partial charge on any atom is -0.496 e. The Morgan fingerprint density at radius 3 is 2.61 bits per heavy atom. The lowest BCUT2D eigenvalue weighted by Crippen LogP contribution is -2.23. The fraction of sp³-hybridized carbons (Fsp3) is 0.227. The van der Waals surface area contributed by atoms with Crippen LogP contribution in [0.3, 0.4) is 0 Å². The molecule has 0 spiro atoms. The van der Waals surface area contributed by atoms with E-state index in [0.717, 1.165) is 0 Å². The van der Waals surface area contributed by atoms with Crippen LogP contribution in [0.25, 0.3) is 6.08 Å². The van der Waals surface area contributed by atoms with E-state index in [4.69, 9.17) is 18.9 Å². The van der Waals surface area contributed by atoms with E-state index < -0.39 is 0 Å². The van der Waals surface area contributed by atoms with Gasteiger partial charge in [-0.15, -0.1) is 0 Å². The maximum atomic E-state index is 12.8. The molecule has 2 aromatic rings. The van der Waals surface area contributed by atoms with Crippen molar-refractivity contribution in [2.75, 3.05) is 27.6 Å². The Bertz CT molecular complexity index is 1090. The largest absolute Gasteiger partial charge is 0.496 e. The summed E-state index contributed by atoms with van der Waals surface area (Å²) in [5.74, 6) is 1.23. The van der Waals surface area contributed by atoms with E-state index in [0.29, 0.717) is 50.7 Å². The van der Waals surface area contributed by atoms with Crippen LogP contribution in [0.5, 0.6) is 17.2 Å². The number of benzene rings is 2. The summed E-state index contributed by atoms with van der Waals surface area (Å²) in [6.45, 7) is 2.23. The van der Waals surface area contributed by atoms with Gasteiger partial charge in [0, 0.05) is 18.7 Å². The van der Waals surface area contributed by atoms with E-state index in [9.17, 15) is 9.59 Å². The predicted octanol–water partition coefficient (Wildman–Crippen LogP) is 3.83. The highest BCUT2D eigenvalue weighted by Crippen LogP contribution is 2.41. The van der Waals surface area contributed by atoms with Crippen molar-refractivity contribution in [2.45, 2.75) is 6.92 Å². The molecule has 4 rings (SSSR count). The second-order valence-electron chi connectivity index (χ2n) is 6.58. The van der Waals surface area contributed by atoms with Crippen LogP contribution in [0.1, 0.15) is 22.8 Å². The fourth-order valence-corrected chi connectivity index (χ4v) is 4.00. The number of ether oxygens (including phenoxy) is 4. The highest BCUT2D eigenvalue weighted by molar-refractivity contribution is 8.18. The molecule has 2 aliphatic heterocycles. The van der Waals surface area contributed by atoms with Gasteiger partial charge in [-0.2, -0.15) is 0 Å². The SMILES string of the molecule is CCOC(=O)c1ccc(N=C2S/C(=C\c3cc4c(cc3OC)OCO4)C(=O)N2C)cc1. The molecule has 1 fully saturated rings. The standard InChI is InChI=1S/C22H20N2O6S/c1-4-28-21(26)13-5-7-15(8-6-13)23-22-24(2)20(25)19(31-22)10-14-9-17-18(30-12-29-17)11-16(14)27-3/h5-11H,4,12H2,1-3H3/b19-10-,23-22?. The van der Waals surface area contributed by atoms with Crippen molar-refractivity contribution in [3.63, 3.8) is 0 Å². The van der Waals surface area contributed by atoms with Crippen molar-refractivity contribution in [3.8, 4) is 17.2 Å². The Hall–Kier alpha value is -3.46. The molecule has 2 aliphatic rings. The van der Waals surface area contributed by atoms with Crippen LogP contribution in [0.4, 0.5) is 5.69 Å². The quantitative estimate of drug-likeness (QED) is 0.516. The molecule has 0 aliphatic carbocycles. The Balaban J connectivity index is 1.59. The third-order valence-corrected chi connectivity index (χ3v) is 5.68. The van der Waals surface area contributed by atoms with Gasteiger partial charge in [0.1, 0.15) is 5.75 Å². The van der Waals surface area contributed by atoms with E-state index in [1.165, 1.54) is 16.7 Å². The van der Waals surface area contributed by atoms with Crippen LogP contribution in [-0.4, -0.2) is 49.5 Å². The summed E-state index contributed by atoms with van der Waals surface area (Å²) in [6.07, 6.45) is 1.75. The van der Waals surface area contributed by atoms with Crippen molar-refractivity contribution in [2.24, 2.45) is 4.99 Å². The number of carbonyl (C=O) groups is 2. The smallest absolute Gasteiger partial charge is 0.338 e. The molecule has 2 aromatic carbocycles. The summed E-state index contributed by atoms with van der Waals surface area (Å²) in [4.78, 5) is 31.1. The number of hydrogen-bond donors (Lipinski definition) is 0. The van der Waals surface area contributed by atoms with Crippen molar-refractivity contribution < 1.29 is 28.5 Å². The fourth-order valence-electron chi connectivity index (χ4n) is 3.02. The minimum atomic E-state index is -0.382. The lowest BCUT2D eigenvalue weighted by atomic mass is 10.1. The third-order valence-electron chi connectivity index (χ3n) is 4.62. The highest BCUT2D eigenvalue weighted by Gasteiger charge is 2.31. The van der Waals surface area contributed by atoms with Crippen LogP contribution in [0, 0.1) is 0 Å². The molecule has 31 heavy (non-hydrogen) atoms. The summed E-state index contributed by atoms with van der Waals surface area (Å²) in [6, 6.07) is 10.2. The number of amidine groups is 1. The maximum absolute atomic E-state index is 12.8. The number of nitrogens with zero attached hydrogens (tertiary/aromatic N) is 2. The van der Waals surface area contributed by atoms with Crippen molar-refractivity contribution in [3.05, 3.63) is 52.4 Å². The first-order valence-corrected chi connectivity index (χ1v) is 10.3. The Morgan fingerprint density at radius 2 is 1.94 bits per heavy atom. The number of esters is 1. The average Bonchev–Trinajstić information content (AvgIpc) is 3.33. The third kappa shape index (κ3) is 4.22. The van der Waals surface area contributed by atoms with Crippen LogP contribution in [0.2, 0.25) is 0 Å². The van der Waals surface area contributed by atoms with E-state index >= 15 is 0 Å². The normalized spacial score (nSPS) is 17.5. The van der Waals surface area contributed by atoms with Gasteiger partial charge in [0.15, 0.2) is 16.7 Å². The molecule has 0 bridgehead atoms. The van der Waals surface area contributed by atoms with Crippen LogP contribution < -0.4 is 14.2 Å². The number of fused-ring (bicyclic) bond motifs is 1. The van der Waals surface area contributed by atoms with E-state index in [1.807, 2.05) is 0 Å². The van der Waals surface area contributed by atoms with Gasteiger partial charge in [-0.25, -0.2) is 9.79 Å². The molecule has 0 unspecified atom stereocenters. The minimum absolute atomic E-state index is 0.153. The number of carbonyl (C=O) groups excluding carboxylic acids is 2. The highest BCUT2D eigenvalue weighted by atomic mass is 32.2. The number of likely N-dealkylation sites (N-methyl/N-ethyl adjacent to an activating group) is 1. The summed E-state index contributed by atoms with van der Waals surface area (Å²) in [7, 11) is 3.22. The molecule has 2 heterocycles. The Kier molecular flexibility index (Phi) is 5.85. The average molecular weight is 440 g/mol. The Morgan fingerprint density at radius 1 is 1.23 bits per heavy atom. The molecular formula is C22H20N2O6S. The molecule has 1 amide bonds. The Labute approximate surface area is 183 Å². The van der Waals surface area contributed by atoms with E-state index in [-0.39, 0.29) is 18.7 Å². The van der Waals surface area contributed by atoms with Gasteiger partial charge < -0.3 is 18.9 Å². The molecule has 0 N–H and O–H groups in total. The number of thioether (sulfide) groups is 1. The number of amides is 1. The van der Waals surface area contributed by atoms with Crippen molar-refractivity contribution >= 4 is 40.6 Å². The van der Waals surface area contributed by atoms with Gasteiger partial charge in [0.25, 0.3) is 5.91 Å². The molecular weight excluding hydrogens is 420 g/mol. The van der Waals surface area contributed by atoms with Crippen LogP contribution >= 0.6 is 11.8 Å². The first kappa shape index (κ1) is 20.8. The maximum Gasteiger partial charge on any atom is 0.338 e. The summed E-state index contributed by atoms with van der Waals surface area (Å²) < 4.78 is 21.2. The van der Waals surface area contributed by atoms with Crippen LogP contribution in [0.15, 0.2) is 46.3 Å². The number of methoxy groups -OCH3 is 1. The topological polar surface area (TPSA) is 86.7 Å². The summed E-state index contributed by atoms with van der Waals surface area (Å²) in [5, 5.41) is 0.528. The van der Waals surface area contributed by atoms with Gasteiger partial charge >= 0.3 is 5.97 Å². The van der Waals surface area contributed by atoms with Crippen LogP contribution in [-0.2, 0) is 9.53 Å². The van der Waals surface area contributed by atoms with Gasteiger partial charge in [0.2, 0.25) is 6.79 Å². The predicted molar refractivity (Wildman–Crippen MR) is 117 cm³/mol. The van der Waals surface area contributed by atoms with Crippen molar-refractivity contribution in [1.82, 2.24) is 4.90 Å². The lowest BCUT2D eigenvalue weighted by molar-refractivity contribution is -0.121. The molecule has 0 atom stereocenters. The zero-order chi connectivity index (χ0) is 22.0. The van der Waals surface area contributed by atoms with E-state index in [2.05, 4.69) is 4.99 Å². The summed E-state index contributed by atoms with van der Waals surface area (Å²) in [5.41, 5.74) is 1.78. The second kappa shape index (κ2) is 8.73. The van der Waals surface area contributed by atoms with Gasteiger partial charge in [0.05, 0.1) is 29.9 Å². The number of hydrogen-bond acceptors (Lipinski definition) is 8. The molecule has 0 saturated carbocycles. The van der Waals surface area contributed by atoms with Gasteiger partial charge in [-0.1, -0.05) is 0 Å². The second-order valence-corrected chi connectivity index (χ2v) is 7.59. The molecule has 1 saturated heterocycles. The first-order chi connectivity index (χ1) is 15.0. The van der Waals surface area contributed by atoms with Gasteiger partial charge in [-0.05, 0) is 55.1 Å². The summed E-state index contributed by atoms with van der Waals surface area (Å²) >= 11 is 1.26. The molecule has 160 valence electrons. The molecule has 8 nitrogen and oxygen atoms in total. The van der Waals surface area contributed by atoms with Gasteiger partial charge in [-0.3, -0.25) is 9.69 Å². The molecule has 9 heteroatoms. The molecule has 0 radical (unpaired) electrons.